The van der Waals surface area contributed by atoms with Gasteiger partial charge in [-0.15, -0.1) is 10.2 Å². The van der Waals surface area contributed by atoms with E-state index in [1.807, 2.05) is 0 Å². The summed E-state index contributed by atoms with van der Waals surface area (Å²) < 4.78 is 2.36. The third-order valence-corrected chi connectivity index (χ3v) is 4.63. The van der Waals surface area contributed by atoms with Crippen LogP contribution in [0.3, 0.4) is 0 Å². The Bertz CT molecular complexity index is 403. The largest absolute Gasteiger partial charge is 0.314 e. The molecule has 1 aromatic rings. The summed E-state index contributed by atoms with van der Waals surface area (Å²) in [6.07, 6.45) is 4.17. The maximum Gasteiger partial charge on any atom is 0.143 e. The summed E-state index contributed by atoms with van der Waals surface area (Å²) in [5.74, 6) is 5.69. The van der Waals surface area contributed by atoms with Crippen LogP contribution in [0.4, 0.5) is 0 Å². The van der Waals surface area contributed by atoms with E-state index in [9.17, 15) is 0 Å². The smallest absolute Gasteiger partial charge is 0.143 e. The van der Waals surface area contributed by atoms with Gasteiger partial charge in [0.15, 0.2) is 0 Å². The molecule has 2 aliphatic rings. The molecule has 0 spiro atoms. The molecule has 0 amide bonds. The van der Waals surface area contributed by atoms with Crippen molar-refractivity contribution in [2.75, 3.05) is 0 Å². The van der Waals surface area contributed by atoms with E-state index >= 15 is 0 Å². The first-order chi connectivity index (χ1) is 8.19. The van der Waals surface area contributed by atoms with Gasteiger partial charge in [-0.25, -0.2) is 0 Å². The summed E-state index contributed by atoms with van der Waals surface area (Å²) in [6, 6.07) is 0. The SMILES string of the molecule is CC(C)Cn1c(CBr)nnc1C1CC2CC2C1. The predicted molar refractivity (Wildman–Crippen MR) is 71.1 cm³/mol. The molecule has 0 radical (unpaired) electrons. The first-order valence-electron chi connectivity index (χ1n) is 6.67. The molecule has 0 saturated heterocycles. The Balaban J connectivity index is 1.84. The van der Waals surface area contributed by atoms with E-state index in [1.54, 1.807) is 0 Å². The number of alkyl halides is 1. The van der Waals surface area contributed by atoms with Crippen LogP contribution in [0.25, 0.3) is 0 Å². The van der Waals surface area contributed by atoms with Crippen molar-refractivity contribution < 1.29 is 0 Å². The van der Waals surface area contributed by atoms with Crippen LogP contribution in [0.5, 0.6) is 0 Å². The number of fused-ring (bicyclic) bond motifs is 1. The van der Waals surface area contributed by atoms with Crippen molar-refractivity contribution in [1.82, 2.24) is 14.8 Å². The molecule has 3 rings (SSSR count). The molecule has 1 aromatic heterocycles. The van der Waals surface area contributed by atoms with E-state index in [-0.39, 0.29) is 0 Å². The van der Waals surface area contributed by atoms with E-state index in [0.29, 0.717) is 11.8 Å². The number of nitrogens with zero attached hydrogens (tertiary/aromatic N) is 3. The van der Waals surface area contributed by atoms with Gasteiger partial charge < -0.3 is 4.57 Å². The summed E-state index contributed by atoms with van der Waals surface area (Å²) in [5, 5.41) is 9.61. The van der Waals surface area contributed by atoms with Gasteiger partial charge in [0.1, 0.15) is 11.6 Å². The Labute approximate surface area is 111 Å². The summed E-state index contributed by atoms with van der Waals surface area (Å²) in [5.41, 5.74) is 0. The van der Waals surface area contributed by atoms with E-state index in [2.05, 4.69) is 44.5 Å². The fraction of sp³-hybridized carbons (Fsp3) is 0.846. The van der Waals surface area contributed by atoms with E-state index in [4.69, 9.17) is 0 Å². The lowest BCUT2D eigenvalue weighted by Gasteiger charge is -2.16. The Morgan fingerprint density at radius 2 is 1.94 bits per heavy atom. The fourth-order valence-electron chi connectivity index (χ4n) is 3.24. The Hall–Kier alpha value is -0.380. The lowest BCUT2D eigenvalue weighted by molar-refractivity contribution is 0.469. The monoisotopic (exact) mass is 297 g/mol. The molecule has 3 nitrogen and oxygen atoms in total. The molecule has 2 unspecified atom stereocenters. The quantitative estimate of drug-likeness (QED) is 0.798. The number of rotatable bonds is 4. The topological polar surface area (TPSA) is 30.7 Å². The zero-order chi connectivity index (χ0) is 12.0. The first kappa shape index (κ1) is 11.7. The van der Waals surface area contributed by atoms with E-state index < -0.39 is 0 Å². The molecular formula is C13H20BrN3. The minimum absolute atomic E-state index is 0.651. The molecule has 4 heteroatoms. The van der Waals surface area contributed by atoms with E-state index in [0.717, 1.165) is 29.5 Å². The van der Waals surface area contributed by atoms with Crippen molar-refractivity contribution in [3.63, 3.8) is 0 Å². The van der Waals surface area contributed by atoms with E-state index in [1.165, 1.54) is 25.1 Å². The number of hydrogen-bond acceptors (Lipinski definition) is 2. The van der Waals surface area contributed by atoms with Crippen LogP contribution in [0.2, 0.25) is 0 Å². The summed E-state index contributed by atoms with van der Waals surface area (Å²) in [6.45, 7) is 5.57. The van der Waals surface area contributed by atoms with Crippen LogP contribution in [0.15, 0.2) is 0 Å². The second-order valence-corrected chi connectivity index (χ2v) is 6.60. The molecule has 2 aliphatic carbocycles. The maximum absolute atomic E-state index is 4.46. The number of aromatic nitrogens is 3. The highest BCUT2D eigenvalue weighted by molar-refractivity contribution is 9.08. The van der Waals surface area contributed by atoms with Crippen molar-refractivity contribution in [3.05, 3.63) is 11.6 Å². The second-order valence-electron chi connectivity index (χ2n) is 6.04. The molecule has 1 heterocycles. The molecule has 94 valence electrons. The molecule has 0 aliphatic heterocycles. The molecule has 0 aromatic carbocycles. The average molecular weight is 298 g/mol. The Kier molecular flexibility index (Phi) is 3.01. The number of halogens is 1. The van der Waals surface area contributed by atoms with Crippen LogP contribution < -0.4 is 0 Å². The highest BCUT2D eigenvalue weighted by Gasteiger charge is 2.47. The maximum atomic E-state index is 4.46. The van der Waals surface area contributed by atoms with Gasteiger partial charge >= 0.3 is 0 Å². The zero-order valence-electron chi connectivity index (χ0n) is 10.6. The molecule has 17 heavy (non-hydrogen) atoms. The van der Waals surface area contributed by atoms with Crippen LogP contribution in [-0.4, -0.2) is 14.8 Å². The van der Waals surface area contributed by atoms with Gasteiger partial charge in [0.25, 0.3) is 0 Å². The van der Waals surface area contributed by atoms with Gasteiger partial charge in [-0.3, -0.25) is 0 Å². The third kappa shape index (κ3) is 2.16. The molecule has 2 atom stereocenters. The van der Waals surface area contributed by atoms with Crippen LogP contribution in [-0.2, 0) is 11.9 Å². The molecule has 2 saturated carbocycles. The van der Waals surface area contributed by atoms with Gasteiger partial charge in [-0.2, -0.15) is 0 Å². The average Bonchev–Trinajstić information content (AvgIpc) is 2.74. The highest BCUT2D eigenvalue weighted by Crippen LogP contribution is 2.57. The van der Waals surface area contributed by atoms with Gasteiger partial charge in [0.05, 0.1) is 5.33 Å². The highest BCUT2D eigenvalue weighted by atomic mass is 79.9. The standard InChI is InChI=1S/C13H20BrN3/c1-8(2)7-17-12(6-14)15-16-13(17)11-4-9-3-10(9)5-11/h8-11H,3-7H2,1-2H3. The summed E-state index contributed by atoms with van der Waals surface area (Å²) in [7, 11) is 0. The fourth-order valence-corrected chi connectivity index (χ4v) is 3.65. The lowest BCUT2D eigenvalue weighted by Crippen LogP contribution is -2.14. The van der Waals surface area contributed by atoms with Crippen molar-refractivity contribution in [1.29, 1.82) is 0 Å². The Morgan fingerprint density at radius 1 is 1.24 bits per heavy atom. The van der Waals surface area contributed by atoms with Crippen molar-refractivity contribution >= 4 is 15.9 Å². The van der Waals surface area contributed by atoms with Crippen molar-refractivity contribution in [2.24, 2.45) is 17.8 Å². The summed E-state index contributed by atoms with van der Waals surface area (Å²) >= 11 is 3.52. The van der Waals surface area contributed by atoms with Crippen LogP contribution in [0.1, 0.15) is 50.7 Å². The van der Waals surface area contributed by atoms with Crippen LogP contribution >= 0.6 is 15.9 Å². The van der Waals surface area contributed by atoms with Gasteiger partial charge in [-0.05, 0) is 37.0 Å². The minimum atomic E-state index is 0.651. The Morgan fingerprint density at radius 3 is 2.53 bits per heavy atom. The minimum Gasteiger partial charge on any atom is -0.314 e. The second kappa shape index (κ2) is 4.38. The normalized spacial score (nSPS) is 30.9. The molecule has 2 fully saturated rings. The molecule has 0 bridgehead atoms. The predicted octanol–water partition coefficient (Wildman–Crippen LogP) is 3.34. The van der Waals surface area contributed by atoms with Gasteiger partial charge in [0.2, 0.25) is 0 Å². The lowest BCUT2D eigenvalue weighted by atomic mass is 10.0. The van der Waals surface area contributed by atoms with Crippen LogP contribution in [0, 0.1) is 17.8 Å². The van der Waals surface area contributed by atoms with Gasteiger partial charge in [0, 0.05) is 12.5 Å². The van der Waals surface area contributed by atoms with Crippen molar-refractivity contribution in [3.8, 4) is 0 Å². The van der Waals surface area contributed by atoms with Crippen molar-refractivity contribution in [2.45, 2.75) is 50.9 Å². The molecular weight excluding hydrogens is 278 g/mol. The van der Waals surface area contributed by atoms with Gasteiger partial charge in [-0.1, -0.05) is 29.8 Å². The molecule has 0 N–H and O–H groups in total. The zero-order valence-corrected chi connectivity index (χ0v) is 12.2. The first-order valence-corrected chi connectivity index (χ1v) is 7.79. The number of hydrogen-bond donors (Lipinski definition) is 0. The third-order valence-electron chi connectivity index (χ3n) is 4.13. The summed E-state index contributed by atoms with van der Waals surface area (Å²) in [4.78, 5) is 0.